The third-order valence-electron chi connectivity index (χ3n) is 5.58. The summed E-state index contributed by atoms with van der Waals surface area (Å²) in [7, 11) is 0. The van der Waals surface area contributed by atoms with Crippen LogP contribution in [0.4, 0.5) is 10.8 Å². The second-order valence-corrected chi connectivity index (χ2v) is 9.68. The van der Waals surface area contributed by atoms with Crippen molar-refractivity contribution in [2.75, 3.05) is 17.2 Å². The lowest BCUT2D eigenvalue weighted by Crippen LogP contribution is -2.39. The molecule has 176 valence electrons. The molecule has 3 amide bonds. The Morgan fingerprint density at radius 3 is 2.44 bits per heavy atom. The van der Waals surface area contributed by atoms with E-state index in [4.69, 9.17) is 11.6 Å². The van der Waals surface area contributed by atoms with Gasteiger partial charge in [-0.05, 0) is 74.2 Å². The van der Waals surface area contributed by atoms with E-state index in [-0.39, 0.29) is 36.7 Å². The van der Waals surface area contributed by atoms with Gasteiger partial charge < -0.3 is 15.5 Å². The average molecular weight is 497 g/mol. The summed E-state index contributed by atoms with van der Waals surface area (Å²) in [5.41, 5.74) is 4.06. The molecule has 0 aliphatic heterocycles. The number of anilines is 2. The van der Waals surface area contributed by atoms with E-state index in [0.29, 0.717) is 21.4 Å². The third kappa shape index (κ3) is 6.21. The van der Waals surface area contributed by atoms with Crippen molar-refractivity contribution in [1.82, 2.24) is 9.88 Å². The molecule has 2 aromatic carbocycles. The number of carbonyl (C=O) groups is 3. The third-order valence-corrected chi connectivity index (χ3v) is 6.64. The van der Waals surface area contributed by atoms with E-state index in [1.54, 1.807) is 34.5 Å². The Morgan fingerprint density at radius 1 is 1.03 bits per heavy atom. The largest absolute Gasteiger partial charge is 0.326 e. The topological polar surface area (TPSA) is 91.4 Å². The minimum Gasteiger partial charge on any atom is -0.326 e. The molecular weight excluding hydrogens is 472 g/mol. The highest BCUT2D eigenvalue weighted by Gasteiger charge is 2.34. The Labute approximate surface area is 207 Å². The first-order chi connectivity index (χ1) is 16.3. The summed E-state index contributed by atoms with van der Waals surface area (Å²) < 4.78 is 0. The van der Waals surface area contributed by atoms with E-state index < -0.39 is 0 Å². The van der Waals surface area contributed by atoms with Gasteiger partial charge in [-0.2, -0.15) is 0 Å². The quantitative estimate of drug-likeness (QED) is 0.467. The molecule has 2 N–H and O–H groups in total. The number of aromatic nitrogens is 1. The lowest BCUT2D eigenvalue weighted by atomic mass is 10.1. The molecular formula is C25H25ClN4O3S. The molecule has 0 spiro atoms. The summed E-state index contributed by atoms with van der Waals surface area (Å²) in [4.78, 5) is 43.8. The van der Waals surface area contributed by atoms with E-state index in [1.807, 2.05) is 32.0 Å². The fourth-order valence-electron chi connectivity index (χ4n) is 3.46. The first-order valence-corrected chi connectivity index (χ1v) is 12.2. The fourth-order valence-corrected chi connectivity index (χ4v) is 4.31. The molecule has 1 aromatic heterocycles. The molecule has 0 atom stereocenters. The lowest BCUT2D eigenvalue weighted by Gasteiger charge is -2.21. The number of benzene rings is 2. The molecule has 4 rings (SSSR count). The van der Waals surface area contributed by atoms with Crippen LogP contribution in [0.15, 0.2) is 47.8 Å². The molecule has 0 bridgehead atoms. The van der Waals surface area contributed by atoms with Crippen molar-refractivity contribution in [3.8, 4) is 0 Å². The van der Waals surface area contributed by atoms with Gasteiger partial charge in [0.15, 0.2) is 5.13 Å². The van der Waals surface area contributed by atoms with Crippen molar-refractivity contribution in [1.29, 1.82) is 0 Å². The molecule has 1 aliphatic carbocycles. The Hall–Kier alpha value is -3.23. The first-order valence-electron chi connectivity index (χ1n) is 11.0. The Bertz CT molecular complexity index is 1220. The van der Waals surface area contributed by atoms with Gasteiger partial charge in [0, 0.05) is 27.7 Å². The fraction of sp³-hybridized carbons (Fsp3) is 0.280. The van der Waals surface area contributed by atoms with Crippen LogP contribution in [0.25, 0.3) is 0 Å². The monoisotopic (exact) mass is 496 g/mol. The number of thiazole rings is 1. The van der Waals surface area contributed by atoms with E-state index in [1.165, 1.54) is 11.3 Å². The number of aryl methyl sites for hydroxylation is 2. The molecule has 0 radical (unpaired) electrons. The van der Waals surface area contributed by atoms with Gasteiger partial charge in [-0.3, -0.25) is 14.4 Å². The van der Waals surface area contributed by atoms with Crippen molar-refractivity contribution in [3.05, 3.63) is 75.3 Å². The van der Waals surface area contributed by atoms with Gasteiger partial charge in [0.25, 0.3) is 5.91 Å². The highest BCUT2D eigenvalue weighted by atomic mass is 35.5. The van der Waals surface area contributed by atoms with Gasteiger partial charge >= 0.3 is 0 Å². The molecule has 34 heavy (non-hydrogen) atoms. The standard InChI is InChI=1S/C25H25ClN4O3S/c1-15-3-8-19(11-16(15)2)27-22(31)12-20-14-34-25(28-20)29-23(32)13-30(21-9-10-21)24(33)17-4-6-18(26)7-5-17/h3-8,11,14,21H,9-10,12-13H2,1-2H3,(H,27,31)(H,28,29,32). The number of halogens is 1. The van der Waals surface area contributed by atoms with Gasteiger partial charge in [0.05, 0.1) is 12.1 Å². The Balaban J connectivity index is 1.32. The number of amides is 3. The highest BCUT2D eigenvalue weighted by Crippen LogP contribution is 2.28. The Morgan fingerprint density at radius 2 is 1.76 bits per heavy atom. The van der Waals surface area contributed by atoms with Gasteiger partial charge in [-0.15, -0.1) is 11.3 Å². The van der Waals surface area contributed by atoms with Crippen LogP contribution >= 0.6 is 22.9 Å². The summed E-state index contributed by atoms with van der Waals surface area (Å²) in [6, 6.07) is 12.5. The molecule has 9 heteroatoms. The second kappa shape index (κ2) is 10.4. The number of hydrogen-bond donors (Lipinski definition) is 2. The molecule has 3 aromatic rings. The first kappa shape index (κ1) is 23.9. The van der Waals surface area contributed by atoms with Crippen LogP contribution in [-0.4, -0.2) is 40.2 Å². The number of carbonyl (C=O) groups excluding carboxylic acids is 3. The van der Waals surface area contributed by atoms with Gasteiger partial charge in [-0.1, -0.05) is 17.7 Å². The van der Waals surface area contributed by atoms with Crippen LogP contribution < -0.4 is 10.6 Å². The van der Waals surface area contributed by atoms with E-state index >= 15 is 0 Å². The summed E-state index contributed by atoms with van der Waals surface area (Å²) in [5.74, 6) is -0.702. The zero-order chi connectivity index (χ0) is 24.2. The van der Waals surface area contributed by atoms with Crippen molar-refractivity contribution < 1.29 is 14.4 Å². The maximum absolute atomic E-state index is 12.9. The zero-order valence-corrected chi connectivity index (χ0v) is 20.5. The molecule has 1 fully saturated rings. The van der Waals surface area contributed by atoms with Crippen LogP contribution in [0.2, 0.25) is 5.02 Å². The predicted molar refractivity (Wildman–Crippen MR) is 135 cm³/mol. The van der Waals surface area contributed by atoms with Crippen molar-refractivity contribution in [3.63, 3.8) is 0 Å². The van der Waals surface area contributed by atoms with Gasteiger partial charge in [0.2, 0.25) is 11.8 Å². The molecule has 7 nitrogen and oxygen atoms in total. The van der Waals surface area contributed by atoms with Gasteiger partial charge in [-0.25, -0.2) is 4.98 Å². The van der Waals surface area contributed by atoms with E-state index in [2.05, 4.69) is 15.6 Å². The molecule has 1 heterocycles. The molecule has 1 saturated carbocycles. The molecule has 0 saturated heterocycles. The second-order valence-electron chi connectivity index (χ2n) is 8.39. The number of rotatable bonds is 8. The van der Waals surface area contributed by atoms with Gasteiger partial charge in [0.1, 0.15) is 6.54 Å². The van der Waals surface area contributed by atoms with Crippen LogP contribution in [0.5, 0.6) is 0 Å². The summed E-state index contributed by atoms with van der Waals surface area (Å²) >= 11 is 7.16. The number of hydrogen-bond acceptors (Lipinski definition) is 5. The van der Waals surface area contributed by atoms with Crippen molar-refractivity contribution in [2.24, 2.45) is 0 Å². The summed E-state index contributed by atoms with van der Waals surface area (Å²) in [6.45, 7) is 3.95. The zero-order valence-electron chi connectivity index (χ0n) is 18.9. The van der Waals surface area contributed by atoms with Crippen molar-refractivity contribution >= 4 is 51.5 Å². The van der Waals surface area contributed by atoms with E-state index in [9.17, 15) is 14.4 Å². The summed E-state index contributed by atoms with van der Waals surface area (Å²) in [5, 5.41) is 8.31. The SMILES string of the molecule is Cc1ccc(NC(=O)Cc2csc(NC(=O)CN(C(=O)c3ccc(Cl)cc3)C3CC3)n2)cc1C. The average Bonchev–Trinajstić information content (AvgIpc) is 3.55. The molecule has 0 unspecified atom stereocenters. The minimum absolute atomic E-state index is 0.0612. The van der Waals surface area contributed by atoms with Crippen LogP contribution in [-0.2, 0) is 16.0 Å². The maximum atomic E-state index is 12.9. The Kier molecular flexibility index (Phi) is 7.29. The van der Waals surface area contributed by atoms with Crippen LogP contribution in [0, 0.1) is 13.8 Å². The van der Waals surface area contributed by atoms with Crippen LogP contribution in [0.1, 0.15) is 40.0 Å². The van der Waals surface area contributed by atoms with E-state index in [0.717, 1.165) is 29.7 Å². The lowest BCUT2D eigenvalue weighted by molar-refractivity contribution is -0.117. The number of nitrogens with zero attached hydrogens (tertiary/aromatic N) is 2. The predicted octanol–water partition coefficient (Wildman–Crippen LogP) is 4.84. The number of nitrogens with one attached hydrogen (secondary N) is 2. The smallest absolute Gasteiger partial charge is 0.254 e. The normalized spacial score (nSPS) is 12.8. The summed E-state index contributed by atoms with van der Waals surface area (Å²) in [6.07, 6.45) is 1.86. The van der Waals surface area contributed by atoms with Crippen molar-refractivity contribution in [2.45, 2.75) is 39.2 Å². The molecule has 1 aliphatic rings. The minimum atomic E-state index is -0.324. The maximum Gasteiger partial charge on any atom is 0.254 e. The van der Waals surface area contributed by atoms with Crippen LogP contribution in [0.3, 0.4) is 0 Å². The highest BCUT2D eigenvalue weighted by molar-refractivity contribution is 7.13.